The number of nitrogen functional groups attached to an aromatic ring is 1. The number of halogens is 2. The fourth-order valence-corrected chi connectivity index (χ4v) is 2.75. The van der Waals surface area contributed by atoms with Crippen molar-refractivity contribution in [3.8, 4) is 22.5 Å². The lowest BCUT2D eigenvalue weighted by Crippen LogP contribution is -1.89. The van der Waals surface area contributed by atoms with Gasteiger partial charge in [0.15, 0.2) is 11.6 Å². The maximum absolute atomic E-state index is 6.01. The van der Waals surface area contributed by atoms with Gasteiger partial charge in [-0.3, -0.25) is 0 Å². The lowest BCUT2D eigenvalue weighted by atomic mass is 9.99. The third-order valence-corrected chi connectivity index (χ3v) is 4.05. The Bertz CT molecular complexity index is 797. The van der Waals surface area contributed by atoms with Gasteiger partial charge >= 0.3 is 0 Å². The predicted octanol–water partition coefficient (Wildman–Crippen LogP) is 5.32. The van der Waals surface area contributed by atoms with Crippen molar-refractivity contribution in [1.29, 1.82) is 0 Å². The Balaban J connectivity index is 2.19. The van der Waals surface area contributed by atoms with Crippen LogP contribution in [-0.4, -0.2) is 5.16 Å². The van der Waals surface area contributed by atoms with Crippen LogP contribution in [0.3, 0.4) is 0 Å². The first-order valence-corrected chi connectivity index (χ1v) is 7.51. The maximum atomic E-state index is 6.01. The third kappa shape index (κ3) is 2.69. The van der Waals surface area contributed by atoms with E-state index >= 15 is 0 Å². The first-order chi connectivity index (χ1) is 10.1. The molecule has 0 bridgehead atoms. The summed E-state index contributed by atoms with van der Waals surface area (Å²) in [7, 11) is 0. The molecule has 0 fully saturated rings. The normalized spacial score (nSPS) is 10.8. The van der Waals surface area contributed by atoms with Crippen molar-refractivity contribution < 1.29 is 4.52 Å². The van der Waals surface area contributed by atoms with Gasteiger partial charge in [-0.2, -0.15) is 0 Å². The van der Waals surface area contributed by atoms with Crippen molar-refractivity contribution in [2.45, 2.75) is 6.92 Å². The van der Waals surface area contributed by atoms with E-state index < -0.39 is 0 Å². The van der Waals surface area contributed by atoms with Gasteiger partial charge in [0, 0.05) is 15.1 Å². The molecule has 1 aromatic heterocycles. The molecule has 0 amide bonds. The Morgan fingerprint density at radius 3 is 2.52 bits per heavy atom. The van der Waals surface area contributed by atoms with Crippen molar-refractivity contribution in [1.82, 2.24) is 5.16 Å². The maximum Gasteiger partial charge on any atom is 0.177 e. The summed E-state index contributed by atoms with van der Waals surface area (Å²) in [4.78, 5) is 0. The molecule has 0 unspecified atom stereocenters. The van der Waals surface area contributed by atoms with Crippen molar-refractivity contribution in [2.75, 3.05) is 5.73 Å². The number of hydrogen-bond acceptors (Lipinski definition) is 3. The summed E-state index contributed by atoms with van der Waals surface area (Å²) in [6, 6.07) is 13.5. The zero-order valence-electron chi connectivity index (χ0n) is 11.2. The van der Waals surface area contributed by atoms with E-state index in [0.29, 0.717) is 16.6 Å². The molecule has 3 aromatic rings. The van der Waals surface area contributed by atoms with Crippen LogP contribution >= 0.6 is 27.5 Å². The van der Waals surface area contributed by atoms with E-state index in [9.17, 15) is 0 Å². The fraction of sp³-hybridized carbons (Fsp3) is 0.0625. The van der Waals surface area contributed by atoms with Crippen LogP contribution in [0.1, 0.15) is 5.56 Å². The number of hydrogen-bond donors (Lipinski definition) is 1. The second-order valence-corrected chi connectivity index (χ2v) is 6.09. The fourth-order valence-electron chi connectivity index (χ4n) is 2.26. The van der Waals surface area contributed by atoms with Gasteiger partial charge < -0.3 is 10.3 Å². The van der Waals surface area contributed by atoms with Gasteiger partial charge in [-0.25, -0.2) is 0 Å². The van der Waals surface area contributed by atoms with Crippen LogP contribution in [0.5, 0.6) is 0 Å². The summed E-state index contributed by atoms with van der Waals surface area (Å²) in [6.45, 7) is 1.98. The Kier molecular flexibility index (Phi) is 3.74. The molecule has 106 valence electrons. The minimum Gasteiger partial charge on any atom is -0.380 e. The molecule has 2 aromatic carbocycles. The number of nitrogens with zero attached hydrogens (tertiary/aromatic N) is 1. The summed E-state index contributed by atoms with van der Waals surface area (Å²) in [5, 5.41) is 4.60. The van der Waals surface area contributed by atoms with Gasteiger partial charge in [-0.1, -0.05) is 44.8 Å². The minimum atomic E-state index is 0.377. The first kappa shape index (κ1) is 14.2. The van der Waals surface area contributed by atoms with Gasteiger partial charge in [0.2, 0.25) is 0 Å². The highest BCUT2D eigenvalue weighted by molar-refractivity contribution is 9.10. The summed E-state index contributed by atoms with van der Waals surface area (Å²) in [5.41, 5.74) is 9.69. The van der Waals surface area contributed by atoms with Crippen LogP contribution < -0.4 is 5.73 Å². The average Bonchev–Trinajstić information content (AvgIpc) is 2.82. The molecule has 0 aliphatic carbocycles. The number of aromatic nitrogens is 1. The van der Waals surface area contributed by atoms with Crippen LogP contribution in [0.4, 0.5) is 5.82 Å². The topological polar surface area (TPSA) is 52.0 Å². The molecular weight excluding hydrogens is 352 g/mol. The monoisotopic (exact) mass is 362 g/mol. The molecule has 0 saturated carbocycles. The van der Waals surface area contributed by atoms with Crippen LogP contribution in [-0.2, 0) is 0 Å². The molecule has 0 aliphatic rings. The Morgan fingerprint density at radius 1 is 1.14 bits per heavy atom. The minimum absolute atomic E-state index is 0.377. The summed E-state index contributed by atoms with van der Waals surface area (Å²) < 4.78 is 6.46. The second kappa shape index (κ2) is 5.54. The van der Waals surface area contributed by atoms with E-state index in [4.69, 9.17) is 21.9 Å². The average molecular weight is 364 g/mol. The Labute approximate surface area is 135 Å². The Morgan fingerprint density at radius 2 is 1.86 bits per heavy atom. The van der Waals surface area contributed by atoms with Crippen LogP contribution in [0, 0.1) is 6.92 Å². The molecule has 0 radical (unpaired) electrons. The van der Waals surface area contributed by atoms with Crippen LogP contribution in [0.25, 0.3) is 22.5 Å². The van der Waals surface area contributed by atoms with Crippen molar-refractivity contribution in [3.63, 3.8) is 0 Å². The largest absolute Gasteiger partial charge is 0.380 e. The van der Waals surface area contributed by atoms with Crippen molar-refractivity contribution in [2.24, 2.45) is 0 Å². The van der Waals surface area contributed by atoms with Gasteiger partial charge in [0.1, 0.15) is 0 Å². The van der Waals surface area contributed by atoms with Gasteiger partial charge in [0.05, 0.1) is 5.56 Å². The van der Waals surface area contributed by atoms with E-state index in [2.05, 4.69) is 21.1 Å². The molecule has 1 heterocycles. The number of aryl methyl sites for hydroxylation is 1. The molecular formula is C16H12BrClN2O. The molecule has 0 aliphatic heterocycles. The van der Waals surface area contributed by atoms with E-state index in [1.165, 1.54) is 0 Å². The quantitative estimate of drug-likeness (QED) is 0.671. The second-order valence-electron chi connectivity index (χ2n) is 4.74. The smallest absolute Gasteiger partial charge is 0.177 e. The first-order valence-electron chi connectivity index (χ1n) is 6.34. The number of rotatable bonds is 2. The number of benzene rings is 2. The van der Waals surface area contributed by atoms with E-state index in [1.807, 2.05) is 49.4 Å². The molecule has 0 spiro atoms. The summed E-state index contributed by atoms with van der Waals surface area (Å²) in [6.07, 6.45) is 0. The lowest BCUT2D eigenvalue weighted by Gasteiger charge is -2.06. The summed E-state index contributed by atoms with van der Waals surface area (Å²) >= 11 is 9.43. The number of anilines is 1. The van der Waals surface area contributed by atoms with E-state index in [1.54, 1.807) is 0 Å². The van der Waals surface area contributed by atoms with Crippen LogP contribution in [0.15, 0.2) is 51.5 Å². The van der Waals surface area contributed by atoms with Crippen molar-refractivity contribution >= 4 is 33.3 Å². The molecule has 0 saturated heterocycles. The zero-order valence-corrected chi connectivity index (χ0v) is 13.6. The summed E-state index contributed by atoms with van der Waals surface area (Å²) in [5.74, 6) is 1.03. The highest BCUT2D eigenvalue weighted by Gasteiger charge is 2.19. The molecule has 21 heavy (non-hydrogen) atoms. The molecule has 3 nitrogen and oxygen atoms in total. The van der Waals surface area contributed by atoms with Gasteiger partial charge in [0.25, 0.3) is 0 Å². The number of nitrogens with two attached hydrogens (primary N) is 1. The van der Waals surface area contributed by atoms with Gasteiger partial charge in [-0.05, 0) is 48.4 Å². The van der Waals surface area contributed by atoms with E-state index in [-0.39, 0.29) is 0 Å². The SMILES string of the molecule is Cc1cc(Cl)ccc1-c1onc(N)c1-c1ccc(Br)cc1. The zero-order chi connectivity index (χ0) is 15.0. The third-order valence-electron chi connectivity index (χ3n) is 3.28. The van der Waals surface area contributed by atoms with Gasteiger partial charge in [-0.15, -0.1) is 0 Å². The highest BCUT2D eigenvalue weighted by atomic mass is 79.9. The van der Waals surface area contributed by atoms with E-state index in [0.717, 1.165) is 26.7 Å². The standard InChI is InChI=1S/C16H12BrClN2O/c1-9-8-12(18)6-7-13(9)15-14(16(19)20-21-15)10-2-4-11(17)5-3-10/h2-8H,1H3,(H2,19,20). The Hall–Kier alpha value is -1.78. The highest BCUT2D eigenvalue weighted by Crippen LogP contribution is 2.38. The van der Waals surface area contributed by atoms with Crippen LogP contribution in [0.2, 0.25) is 5.02 Å². The predicted molar refractivity (Wildman–Crippen MR) is 89.2 cm³/mol. The molecule has 3 rings (SSSR count). The lowest BCUT2D eigenvalue weighted by molar-refractivity contribution is 0.436. The molecule has 0 atom stereocenters. The van der Waals surface area contributed by atoms with Crippen molar-refractivity contribution in [3.05, 3.63) is 57.5 Å². The molecule has 5 heteroatoms. The molecule has 2 N–H and O–H groups in total.